The van der Waals surface area contributed by atoms with Gasteiger partial charge in [-0.2, -0.15) is 0 Å². The third kappa shape index (κ3) is 6.97. The zero-order valence-electron chi connectivity index (χ0n) is 11.7. The zero-order chi connectivity index (χ0) is 13.9. The number of esters is 1. The number of unbranched alkanes of at least 4 members (excludes halogenated alkanes) is 4. The summed E-state index contributed by atoms with van der Waals surface area (Å²) in [6, 6.07) is 9.77. The van der Waals surface area contributed by atoms with Crippen molar-refractivity contribution in [3.05, 3.63) is 35.9 Å². The van der Waals surface area contributed by atoms with Crippen LogP contribution in [0.15, 0.2) is 30.3 Å². The number of carbonyl (C=O) groups excluding carboxylic acids is 1. The number of hydrogen-bond acceptors (Lipinski definition) is 3. The molecule has 1 unspecified atom stereocenters. The average molecular weight is 264 g/mol. The molecule has 1 aromatic rings. The molecule has 0 bridgehead atoms. The van der Waals surface area contributed by atoms with Crippen LogP contribution in [0.25, 0.3) is 0 Å². The molecule has 0 aliphatic heterocycles. The highest BCUT2D eigenvalue weighted by molar-refractivity contribution is 5.68. The van der Waals surface area contributed by atoms with Crippen molar-refractivity contribution in [1.29, 1.82) is 0 Å². The van der Waals surface area contributed by atoms with E-state index in [4.69, 9.17) is 0 Å². The summed E-state index contributed by atoms with van der Waals surface area (Å²) in [5.41, 5.74) is 0.994. The Hall–Kier alpha value is -1.35. The Balaban J connectivity index is 2.00. The summed E-state index contributed by atoms with van der Waals surface area (Å²) in [6.07, 6.45) is 6.16. The number of hydrogen-bond donors (Lipinski definition) is 1. The fourth-order valence-corrected chi connectivity index (χ4v) is 2.08. The SMILES string of the molecule is COC(=O)CCCCCCCC(O)c1ccccc1. The summed E-state index contributed by atoms with van der Waals surface area (Å²) < 4.78 is 4.59. The molecule has 1 aromatic carbocycles. The minimum Gasteiger partial charge on any atom is -0.469 e. The van der Waals surface area contributed by atoms with E-state index in [1.165, 1.54) is 7.11 Å². The van der Waals surface area contributed by atoms with Crippen LogP contribution in [0.1, 0.15) is 56.6 Å². The largest absolute Gasteiger partial charge is 0.469 e. The van der Waals surface area contributed by atoms with E-state index in [1.807, 2.05) is 30.3 Å². The van der Waals surface area contributed by atoms with Crippen LogP contribution in [0.4, 0.5) is 0 Å². The summed E-state index contributed by atoms with van der Waals surface area (Å²) >= 11 is 0. The molecule has 0 amide bonds. The Morgan fingerprint density at radius 2 is 1.74 bits per heavy atom. The van der Waals surface area contributed by atoms with Crippen molar-refractivity contribution in [2.75, 3.05) is 7.11 Å². The van der Waals surface area contributed by atoms with Crippen molar-refractivity contribution in [2.24, 2.45) is 0 Å². The first-order chi connectivity index (χ1) is 9.24. The molecule has 1 atom stereocenters. The minimum absolute atomic E-state index is 0.125. The van der Waals surface area contributed by atoms with Gasteiger partial charge in [0.15, 0.2) is 0 Å². The number of aliphatic hydroxyl groups is 1. The van der Waals surface area contributed by atoms with Crippen molar-refractivity contribution >= 4 is 5.97 Å². The van der Waals surface area contributed by atoms with Gasteiger partial charge in [0.05, 0.1) is 13.2 Å². The topological polar surface area (TPSA) is 46.5 Å². The molecule has 0 fully saturated rings. The van der Waals surface area contributed by atoms with E-state index >= 15 is 0 Å². The second-order valence-electron chi connectivity index (χ2n) is 4.81. The minimum atomic E-state index is -0.351. The molecule has 0 aliphatic carbocycles. The second-order valence-corrected chi connectivity index (χ2v) is 4.81. The Morgan fingerprint density at radius 3 is 2.42 bits per heavy atom. The van der Waals surface area contributed by atoms with E-state index < -0.39 is 0 Å². The van der Waals surface area contributed by atoms with Gasteiger partial charge in [-0.05, 0) is 18.4 Å². The van der Waals surface area contributed by atoms with Crippen LogP contribution in [0, 0.1) is 0 Å². The lowest BCUT2D eigenvalue weighted by Crippen LogP contribution is -1.99. The Labute approximate surface area is 115 Å². The van der Waals surface area contributed by atoms with Crippen LogP contribution in [-0.2, 0) is 9.53 Å². The Morgan fingerprint density at radius 1 is 1.11 bits per heavy atom. The number of methoxy groups -OCH3 is 1. The number of carbonyl (C=O) groups is 1. The van der Waals surface area contributed by atoms with E-state index in [0.29, 0.717) is 6.42 Å². The lowest BCUT2D eigenvalue weighted by molar-refractivity contribution is -0.140. The first kappa shape index (κ1) is 15.7. The smallest absolute Gasteiger partial charge is 0.305 e. The molecule has 0 saturated heterocycles. The van der Waals surface area contributed by atoms with E-state index in [-0.39, 0.29) is 12.1 Å². The maximum Gasteiger partial charge on any atom is 0.305 e. The molecule has 0 radical (unpaired) electrons. The van der Waals surface area contributed by atoms with Crippen LogP contribution in [-0.4, -0.2) is 18.2 Å². The van der Waals surface area contributed by atoms with E-state index in [1.54, 1.807) is 0 Å². The van der Waals surface area contributed by atoms with Crippen LogP contribution >= 0.6 is 0 Å². The van der Waals surface area contributed by atoms with Gasteiger partial charge in [-0.3, -0.25) is 4.79 Å². The van der Waals surface area contributed by atoms with Crippen molar-refractivity contribution in [2.45, 2.75) is 51.0 Å². The highest BCUT2D eigenvalue weighted by atomic mass is 16.5. The fourth-order valence-electron chi connectivity index (χ4n) is 2.08. The van der Waals surface area contributed by atoms with Gasteiger partial charge in [-0.25, -0.2) is 0 Å². The van der Waals surface area contributed by atoms with E-state index in [2.05, 4.69) is 4.74 Å². The third-order valence-corrected chi connectivity index (χ3v) is 3.27. The highest BCUT2D eigenvalue weighted by Crippen LogP contribution is 2.19. The third-order valence-electron chi connectivity index (χ3n) is 3.27. The van der Waals surface area contributed by atoms with Crippen molar-refractivity contribution in [3.8, 4) is 0 Å². The maximum atomic E-state index is 10.9. The van der Waals surface area contributed by atoms with Gasteiger partial charge in [0.25, 0.3) is 0 Å². The van der Waals surface area contributed by atoms with Gasteiger partial charge >= 0.3 is 5.97 Å². The predicted octanol–water partition coefficient (Wildman–Crippen LogP) is 3.62. The molecule has 1 rings (SSSR count). The molecule has 0 heterocycles. The standard InChI is InChI=1S/C16H24O3/c1-19-16(18)13-9-4-2-3-8-12-15(17)14-10-6-5-7-11-14/h5-7,10-11,15,17H,2-4,8-9,12-13H2,1H3. The normalized spacial score (nSPS) is 12.1. The first-order valence-electron chi connectivity index (χ1n) is 7.04. The second kappa shape index (κ2) is 9.56. The monoisotopic (exact) mass is 264 g/mol. The Bertz CT molecular complexity index is 348. The van der Waals surface area contributed by atoms with Crippen LogP contribution in [0.2, 0.25) is 0 Å². The van der Waals surface area contributed by atoms with Crippen LogP contribution < -0.4 is 0 Å². The summed E-state index contributed by atoms with van der Waals surface area (Å²) in [4.78, 5) is 10.9. The van der Waals surface area contributed by atoms with Gasteiger partial charge < -0.3 is 9.84 Å². The van der Waals surface area contributed by atoms with Gasteiger partial charge in [0.1, 0.15) is 0 Å². The van der Waals surface area contributed by atoms with Crippen molar-refractivity contribution in [3.63, 3.8) is 0 Å². The molecule has 3 heteroatoms. The highest BCUT2D eigenvalue weighted by Gasteiger charge is 2.06. The summed E-state index contributed by atoms with van der Waals surface area (Å²) in [5, 5.41) is 9.97. The van der Waals surface area contributed by atoms with Crippen LogP contribution in [0.5, 0.6) is 0 Å². The fraction of sp³-hybridized carbons (Fsp3) is 0.562. The molecule has 0 aliphatic rings. The van der Waals surface area contributed by atoms with Crippen LogP contribution in [0.3, 0.4) is 0 Å². The Kier molecular flexibility index (Phi) is 7.91. The van der Waals surface area contributed by atoms with Gasteiger partial charge in [-0.15, -0.1) is 0 Å². The lowest BCUT2D eigenvalue weighted by Gasteiger charge is -2.10. The molecule has 3 nitrogen and oxygen atoms in total. The van der Waals surface area contributed by atoms with E-state index in [9.17, 15) is 9.90 Å². The number of ether oxygens (including phenoxy) is 1. The zero-order valence-corrected chi connectivity index (χ0v) is 11.7. The number of rotatable bonds is 9. The van der Waals surface area contributed by atoms with Gasteiger partial charge in [-0.1, -0.05) is 56.0 Å². The predicted molar refractivity (Wildman–Crippen MR) is 75.7 cm³/mol. The van der Waals surface area contributed by atoms with E-state index in [0.717, 1.165) is 44.1 Å². The van der Waals surface area contributed by atoms with Crippen molar-refractivity contribution in [1.82, 2.24) is 0 Å². The number of benzene rings is 1. The molecule has 0 aromatic heterocycles. The summed E-state index contributed by atoms with van der Waals surface area (Å²) in [7, 11) is 1.42. The molecular weight excluding hydrogens is 240 g/mol. The average Bonchev–Trinajstić information content (AvgIpc) is 2.46. The lowest BCUT2D eigenvalue weighted by atomic mass is 10.0. The van der Waals surface area contributed by atoms with Gasteiger partial charge in [0, 0.05) is 6.42 Å². The number of aliphatic hydroxyl groups excluding tert-OH is 1. The van der Waals surface area contributed by atoms with Gasteiger partial charge in [0.2, 0.25) is 0 Å². The molecule has 0 spiro atoms. The maximum absolute atomic E-state index is 10.9. The summed E-state index contributed by atoms with van der Waals surface area (Å²) in [5.74, 6) is -0.125. The quantitative estimate of drug-likeness (QED) is 0.547. The molecule has 19 heavy (non-hydrogen) atoms. The molecular formula is C16H24O3. The molecule has 1 N–H and O–H groups in total. The summed E-state index contributed by atoms with van der Waals surface area (Å²) in [6.45, 7) is 0. The first-order valence-corrected chi connectivity index (χ1v) is 7.04. The van der Waals surface area contributed by atoms with Crippen molar-refractivity contribution < 1.29 is 14.6 Å². The molecule has 0 saturated carbocycles. The molecule has 106 valence electrons.